The summed E-state index contributed by atoms with van der Waals surface area (Å²) in [6.45, 7) is 2.96. The van der Waals surface area contributed by atoms with E-state index in [2.05, 4.69) is 112 Å². The van der Waals surface area contributed by atoms with E-state index in [9.17, 15) is 52.8 Å². The van der Waals surface area contributed by atoms with Crippen LogP contribution in [0.25, 0.3) is 112 Å². The molecular formula is C92H98F3N29O11. The van der Waals surface area contributed by atoms with E-state index in [1.807, 2.05) is 112 Å². The summed E-state index contributed by atoms with van der Waals surface area (Å²) in [7, 11) is 9.22. The van der Waals surface area contributed by atoms with Crippen LogP contribution in [0.5, 0.6) is 0 Å². The van der Waals surface area contributed by atoms with E-state index in [0.717, 1.165) is 99.7 Å². The summed E-state index contributed by atoms with van der Waals surface area (Å²) < 4.78 is 73.6. The number of aliphatic hydroxyl groups is 4. The van der Waals surface area contributed by atoms with Crippen molar-refractivity contribution in [2.75, 3.05) is 109 Å². The number of nitrogens with zero attached hydrogens (tertiary/aromatic N) is 21. The van der Waals surface area contributed by atoms with Gasteiger partial charge in [-0.1, -0.05) is 0 Å². The number of amides is 4. The molecule has 0 aromatic carbocycles. The van der Waals surface area contributed by atoms with Gasteiger partial charge in [0, 0.05) is 159 Å². The van der Waals surface area contributed by atoms with Gasteiger partial charge in [-0.05, 0) is 107 Å². The van der Waals surface area contributed by atoms with Crippen LogP contribution < -0.4 is 42.5 Å². The molecule has 0 bridgehead atoms. The molecule has 0 spiro atoms. The normalized spacial score (nSPS) is 23.6. The summed E-state index contributed by atoms with van der Waals surface area (Å²) in [6.07, 6.45) is 20.7. The maximum Gasteiger partial charge on any atom is 0.257 e. The van der Waals surface area contributed by atoms with Crippen molar-refractivity contribution >= 4 is 114 Å². The quantitative estimate of drug-likeness (QED) is 0.0354. The first-order chi connectivity index (χ1) is 65.7. The van der Waals surface area contributed by atoms with Crippen LogP contribution in [-0.4, -0.2) is 301 Å². The Balaban J connectivity index is 0.000000108. The monoisotopic (exact) mass is 1840 g/mol. The van der Waals surface area contributed by atoms with Crippen molar-refractivity contribution in [3.63, 3.8) is 0 Å². The van der Waals surface area contributed by atoms with Crippen LogP contribution in [0.1, 0.15) is 117 Å². The van der Waals surface area contributed by atoms with Crippen molar-refractivity contribution in [3.8, 4) is 45.0 Å². The highest BCUT2D eigenvalue weighted by Gasteiger charge is 2.40. The molecule has 4 saturated carbocycles. The third kappa shape index (κ3) is 15.9. The minimum Gasteiger partial charge on any atom is -0.391 e. The number of hydrogen-bond acceptors (Lipinski definition) is 28. The zero-order valence-electron chi connectivity index (χ0n) is 74.0. The fraction of sp³-hybridized carbons (Fsp3) is 0.391. The summed E-state index contributed by atoms with van der Waals surface area (Å²) in [4.78, 5) is 91.4. The van der Waals surface area contributed by atoms with Gasteiger partial charge in [0.15, 0.2) is 22.6 Å². The van der Waals surface area contributed by atoms with Crippen LogP contribution in [-0.2, 0) is 14.2 Å². The molecule has 135 heavy (non-hydrogen) atoms. The lowest BCUT2D eigenvalue weighted by molar-refractivity contribution is 0.0448. The number of fused-ring (bicyclic) bond motifs is 8. The molecular weight excluding hydrogens is 1740 g/mol. The van der Waals surface area contributed by atoms with Gasteiger partial charge in [-0.15, -0.1) is 0 Å². The molecule has 4 amide bonds. The smallest absolute Gasteiger partial charge is 0.257 e. The summed E-state index contributed by atoms with van der Waals surface area (Å²) >= 11 is 0. The molecule has 4 aliphatic carbocycles. The highest BCUT2D eigenvalue weighted by molar-refractivity contribution is 6.05. The van der Waals surface area contributed by atoms with Crippen LogP contribution in [0, 0.1) is 0 Å². The number of pyridine rings is 4. The summed E-state index contributed by atoms with van der Waals surface area (Å²) in [5, 5.41) is 84.3. The van der Waals surface area contributed by atoms with Crippen LogP contribution in [0.3, 0.4) is 0 Å². The SMILES string of the molecule is CNc1cc(-c2cn(C3CN(C)C3)c3ncccc23)nc2c(C(=O)N[C@@H]3CC[C@H]3O)cnn12.CNc1cc(-c2cn([C@@H]3COC[C@@H]3F)c3ncccc23)nc2c(C(=O)NC3CC[C@H]3O)cnn12.CNc1cc(-c2cn([C@@H]3COC[C@@H]3F)c3ncccc23)nc2c(C(=O)N[C@@H]3CC[C@@H]3O)cnn12.CNc1cc(-c2cn([C@@H]3COC[C@@H]3F)c3ncccc23)nc2c(C(=O)N[C@H]3CC[C@H]3O)cnn12. The van der Waals surface area contributed by atoms with E-state index in [1.54, 1.807) is 57.8 Å². The highest BCUT2D eigenvalue weighted by atomic mass is 19.1. The second kappa shape index (κ2) is 36.0. The van der Waals surface area contributed by atoms with Gasteiger partial charge in [0.25, 0.3) is 23.6 Å². The molecule has 16 aromatic heterocycles. The van der Waals surface area contributed by atoms with E-state index >= 15 is 0 Å². The molecule has 16 aromatic rings. The molecule has 12 N–H and O–H groups in total. The van der Waals surface area contributed by atoms with Crippen molar-refractivity contribution in [1.82, 2.24) is 123 Å². The van der Waals surface area contributed by atoms with Crippen LogP contribution in [0.4, 0.5) is 36.4 Å². The standard InChI is InChI=1S/3C23H24FN7O3.C23H26N8O2/c3*1-25-20-7-17(28-22-13(8-27-31(20)22)23(33)29-16-4-5-19(16)32)14-9-30(18-11-34-10-15(18)24)21-12(14)3-2-6-26-21;1-24-20-8-18(16-12-30(13-10-29(2)11-13)21-14(16)4-3-7-25-21)27-22-15(9-26-31(20)22)23(33)28-17-5-6-19(17)32/h3*2-3,6-9,15-16,18-19,25,32H,4-5,10-11H2,1H3,(H,29,33);3-4,7-9,12-13,17,19,24,32H,5-6,10-11H2,1-2H3,(H,28,33)/t15-,16?,18+,19+;15-,16+,18+,19-;15-,16-,18+,19+;17-,19-/m0001/s1. The first-order valence-corrected chi connectivity index (χ1v) is 45.1. The minimum atomic E-state index is -1.12. The predicted molar refractivity (Wildman–Crippen MR) is 492 cm³/mol. The number of aliphatic hydroxyl groups excluding tert-OH is 4. The van der Waals surface area contributed by atoms with Gasteiger partial charge in [0.1, 0.15) is 86.6 Å². The number of hydrogen-bond donors (Lipinski definition) is 12. The fourth-order valence-electron chi connectivity index (χ4n) is 18.7. The summed E-state index contributed by atoms with van der Waals surface area (Å²) in [5.74, 6) is 1.36. The molecule has 8 fully saturated rings. The Morgan fingerprint density at radius 3 is 0.822 bits per heavy atom. The molecule has 698 valence electrons. The molecule has 0 radical (unpaired) electrons. The van der Waals surface area contributed by atoms with E-state index < -0.39 is 61.1 Å². The van der Waals surface area contributed by atoms with E-state index in [-0.39, 0.29) is 87.4 Å². The van der Waals surface area contributed by atoms with Gasteiger partial charge >= 0.3 is 0 Å². The molecule has 1 unspecified atom stereocenters. The van der Waals surface area contributed by atoms with Gasteiger partial charge < -0.3 is 100 Å². The van der Waals surface area contributed by atoms with Crippen LogP contribution in [0.2, 0.25) is 0 Å². The van der Waals surface area contributed by atoms with Crippen molar-refractivity contribution in [1.29, 1.82) is 0 Å². The molecule has 4 saturated heterocycles. The zero-order chi connectivity index (χ0) is 92.9. The lowest BCUT2D eigenvalue weighted by atomic mass is 9.89. The summed E-state index contributed by atoms with van der Waals surface area (Å²) in [5.41, 5.74) is 11.6. The number of aromatic nitrogens is 20. The van der Waals surface area contributed by atoms with Crippen molar-refractivity contribution in [2.24, 2.45) is 0 Å². The Bertz CT molecular complexity index is 6760. The maximum absolute atomic E-state index is 14.5. The molecule has 4 aliphatic heterocycles. The van der Waals surface area contributed by atoms with Crippen LogP contribution >= 0.6 is 0 Å². The predicted octanol–water partition coefficient (Wildman–Crippen LogP) is 7.38. The number of carbonyl (C=O) groups is 4. The lowest BCUT2D eigenvalue weighted by Crippen LogP contribution is -2.50. The van der Waals surface area contributed by atoms with E-state index in [1.165, 1.54) is 24.8 Å². The van der Waals surface area contributed by atoms with Gasteiger partial charge in [-0.2, -0.15) is 38.5 Å². The van der Waals surface area contributed by atoms with Crippen molar-refractivity contribution < 1.29 is 67.0 Å². The molecule has 20 heterocycles. The number of anilines is 4. The fourth-order valence-corrected chi connectivity index (χ4v) is 18.7. The van der Waals surface area contributed by atoms with Crippen LogP contribution in [0.15, 0.2) is 147 Å². The number of nitrogens with one attached hydrogen (secondary N) is 8. The first kappa shape index (κ1) is 87.4. The second-order valence-corrected chi connectivity index (χ2v) is 35.2. The Morgan fingerprint density at radius 2 is 0.607 bits per heavy atom. The molecule has 24 rings (SSSR count). The van der Waals surface area contributed by atoms with Crippen molar-refractivity contribution in [2.45, 2.75) is 143 Å². The van der Waals surface area contributed by atoms with E-state index in [0.29, 0.717) is 128 Å². The van der Waals surface area contributed by atoms with Gasteiger partial charge in [-0.3, -0.25) is 19.2 Å². The van der Waals surface area contributed by atoms with Gasteiger partial charge in [0.05, 0.1) is 160 Å². The Labute approximate surface area is 766 Å². The zero-order valence-corrected chi connectivity index (χ0v) is 74.0. The molecule has 40 nitrogen and oxygen atoms in total. The topological polar surface area (TPSA) is 468 Å². The highest BCUT2D eigenvalue weighted by Crippen LogP contribution is 2.42. The minimum absolute atomic E-state index is 0.0601. The van der Waals surface area contributed by atoms with Crippen molar-refractivity contribution in [3.05, 3.63) is 169 Å². The number of alkyl halides is 3. The van der Waals surface area contributed by atoms with E-state index in [4.69, 9.17) is 34.1 Å². The molecule has 8 aliphatic rings. The average Bonchev–Trinajstić information content (AvgIpc) is 1.61. The summed E-state index contributed by atoms with van der Waals surface area (Å²) in [6, 6.07) is 20.6. The second-order valence-electron chi connectivity index (χ2n) is 35.2. The number of likely N-dealkylation sites (N-methyl/N-ethyl adjacent to an activating group) is 1. The molecule has 14 atom stereocenters. The van der Waals surface area contributed by atoms with Gasteiger partial charge in [-0.25, -0.2) is 53.0 Å². The number of halogens is 3. The number of likely N-dealkylation sites (tertiary alicyclic amines) is 1. The number of rotatable bonds is 20. The average molecular weight is 1840 g/mol. The van der Waals surface area contributed by atoms with Gasteiger partial charge in [0.2, 0.25) is 0 Å². The number of ether oxygens (including phenoxy) is 3. The lowest BCUT2D eigenvalue weighted by Gasteiger charge is -2.37. The Kier molecular flexibility index (Phi) is 23.3. The third-order valence-corrected chi connectivity index (χ3v) is 27.0. The first-order valence-electron chi connectivity index (χ1n) is 45.1. The maximum atomic E-state index is 14.5. The Morgan fingerprint density at radius 1 is 0.356 bits per heavy atom. The Hall–Kier alpha value is -14.2. The molecule has 43 heteroatoms. The largest absolute Gasteiger partial charge is 0.391 e. The third-order valence-electron chi connectivity index (χ3n) is 27.0. The number of carbonyl (C=O) groups excluding carboxylic acids is 4.